The Hall–Kier alpha value is -1.49. The van der Waals surface area contributed by atoms with E-state index in [4.69, 9.17) is 0 Å². The van der Waals surface area contributed by atoms with E-state index in [1.165, 1.54) is 14.7 Å². The molecule has 2 aliphatic rings. The summed E-state index contributed by atoms with van der Waals surface area (Å²) in [5, 5.41) is 2.78. The number of carbonyl (C=O) groups is 1. The summed E-state index contributed by atoms with van der Waals surface area (Å²) in [7, 11) is -7.05. The van der Waals surface area contributed by atoms with Crippen LogP contribution in [0.5, 0.6) is 0 Å². The van der Waals surface area contributed by atoms with Crippen LogP contribution in [-0.2, 0) is 30.3 Å². The van der Waals surface area contributed by atoms with E-state index in [1.54, 1.807) is 12.1 Å². The first-order chi connectivity index (χ1) is 11.9. The number of amides is 1. The predicted molar refractivity (Wildman–Crippen MR) is 97.9 cm³/mol. The summed E-state index contributed by atoms with van der Waals surface area (Å²) >= 11 is 0. The van der Waals surface area contributed by atoms with E-state index < -0.39 is 25.5 Å². The number of benzene rings is 1. The Morgan fingerprint density at radius 2 is 1.58 bits per heavy atom. The van der Waals surface area contributed by atoms with Crippen molar-refractivity contribution in [3.8, 4) is 0 Å². The van der Waals surface area contributed by atoms with Crippen LogP contribution >= 0.6 is 0 Å². The third-order valence-electron chi connectivity index (χ3n) is 4.90. The van der Waals surface area contributed by atoms with Gasteiger partial charge in [-0.1, -0.05) is 13.8 Å². The van der Waals surface area contributed by atoms with E-state index in [2.05, 4.69) is 5.32 Å². The van der Waals surface area contributed by atoms with Crippen molar-refractivity contribution >= 4 is 31.6 Å². The number of sulfonamides is 2. The minimum Gasteiger partial charge on any atom is -0.326 e. The van der Waals surface area contributed by atoms with Gasteiger partial charge >= 0.3 is 0 Å². The highest BCUT2D eigenvalue weighted by Crippen LogP contribution is 2.38. The largest absolute Gasteiger partial charge is 0.326 e. The van der Waals surface area contributed by atoms with Gasteiger partial charge in [0.05, 0.1) is 11.2 Å². The van der Waals surface area contributed by atoms with Gasteiger partial charge in [-0.3, -0.25) is 4.79 Å². The Bertz CT molecular complexity index is 946. The molecule has 0 aromatic heterocycles. The first-order valence-electron chi connectivity index (χ1n) is 8.31. The van der Waals surface area contributed by atoms with Crippen LogP contribution in [-0.4, -0.2) is 63.8 Å². The topological polar surface area (TPSA) is 104 Å². The van der Waals surface area contributed by atoms with Crippen LogP contribution in [0.4, 0.5) is 5.69 Å². The molecule has 1 amide bonds. The summed E-state index contributed by atoms with van der Waals surface area (Å²) in [6.07, 6.45) is 1.41. The average molecular weight is 402 g/mol. The second kappa shape index (κ2) is 6.29. The van der Waals surface area contributed by atoms with E-state index in [9.17, 15) is 21.6 Å². The van der Waals surface area contributed by atoms with E-state index in [-0.39, 0.29) is 43.4 Å². The van der Waals surface area contributed by atoms with Crippen molar-refractivity contribution < 1.29 is 21.6 Å². The molecule has 0 atom stereocenters. The molecule has 1 N–H and O–H groups in total. The van der Waals surface area contributed by atoms with Crippen molar-refractivity contribution in [1.82, 2.24) is 8.61 Å². The maximum absolute atomic E-state index is 13.0. The number of rotatable bonds is 3. The fraction of sp³-hybridized carbons (Fsp3) is 0.562. The van der Waals surface area contributed by atoms with Crippen molar-refractivity contribution in [2.75, 3.05) is 37.8 Å². The molecule has 0 saturated carbocycles. The van der Waals surface area contributed by atoms with Gasteiger partial charge in [0, 0.05) is 43.7 Å². The van der Waals surface area contributed by atoms with Crippen LogP contribution < -0.4 is 5.32 Å². The maximum atomic E-state index is 13.0. The second-order valence-corrected chi connectivity index (χ2v) is 11.3. The van der Waals surface area contributed by atoms with Gasteiger partial charge in [-0.05, 0) is 23.8 Å². The van der Waals surface area contributed by atoms with Crippen LogP contribution in [0.25, 0.3) is 0 Å². The summed E-state index contributed by atoms with van der Waals surface area (Å²) in [6.45, 7) is 4.34. The highest BCUT2D eigenvalue weighted by Gasteiger charge is 2.35. The lowest BCUT2D eigenvalue weighted by Gasteiger charge is -2.34. The van der Waals surface area contributed by atoms with Crippen LogP contribution in [0.1, 0.15) is 25.8 Å². The average Bonchev–Trinajstić information content (AvgIpc) is 2.53. The van der Waals surface area contributed by atoms with E-state index in [0.29, 0.717) is 5.69 Å². The Labute approximate surface area is 154 Å². The lowest BCUT2D eigenvalue weighted by Crippen LogP contribution is -2.50. The van der Waals surface area contributed by atoms with Crippen molar-refractivity contribution in [3.63, 3.8) is 0 Å². The summed E-state index contributed by atoms with van der Waals surface area (Å²) in [6, 6.07) is 4.72. The summed E-state index contributed by atoms with van der Waals surface area (Å²) < 4.78 is 51.7. The molecular weight excluding hydrogens is 378 g/mol. The van der Waals surface area contributed by atoms with Gasteiger partial charge in [0.2, 0.25) is 26.0 Å². The Kier molecular flexibility index (Phi) is 4.67. The molecule has 1 aromatic carbocycles. The first-order valence-corrected chi connectivity index (χ1v) is 11.6. The summed E-state index contributed by atoms with van der Waals surface area (Å²) in [5.74, 6) is -0.0880. The molecule has 0 unspecified atom stereocenters. The van der Waals surface area contributed by atoms with Crippen molar-refractivity contribution in [3.05, 3.63) is 23.8 Å². The number of hydrogen-bond acceptors (Lipinski definition) is 5. The van der Waals surface area contributed by atoms with Crippen molar-refractivity contribution in [1.29, 1.82) is 0 Å². The van der Waals surface area contributed by atoms with E-state index >= 15 is 0 Å². The quantitative estimate of drug-likeness (QED) is 0.798. The minimum atomic E-state index is -3.73. The molecule has 0 radical (unpaired) electrons. The number of fused-ring (bicyclic) bond motifs is 1. The number of nitrogens with one attached hydrogen (secondary N) is 1. The van der Waals surface area contributed by atoms with Gasteiger partial charge in [0.25, 0.3) is 0 Å². The summed E-state index contributed by atoms with van der Waals surface area (Å²) in [4.78, 5) is 12.0. The highest BCUT2D eigenvalue weighted by molar-refractivity contribution is 7.89. The lowest BCUT2D eigenvalue weighted by molar-refractivity contribution is -0.117. The van der Waals surface area contributed by atoms with E-state index in [1.807, 2.05) is 13.8 Å². The zero-order valence-electron chi connectivity index (χ0n) is 15.0. The van der Waals surface area contributed by atoms with Gasteiger partial charge in [-0.25, -0.2) is 16.8 Å². The Morgan fingerprint density at radius 3 is 2.15 bits per heavy atom. The smallest absolute Gasteiger partial charge is 0.243 e. The van der Waals surface area contributed by atoms with Crippen LogP contribution in [0.15, 0.2) is 23.1 Å². The number of nitrogens with zero attached hydrogens (tertiary/aromatic N) is 2. The molecule has 3 rings (SSSR count). The monoisotopic (exact) mass is 401 g/mol. The number of hydrogen-bond donors (Lipinski definition) is 1. The lowest BCUT2D eigenvalue weighted by atomic mass is 9.78. The maximum Gasteiger partial charge on any atom is 0.243 e. The van der Waals surface area contributed by atoms with E-state index in [0.717, 1.165) is 11.8 Å². The Morgan fingerprint density at radius 1 is 1.00 bits per heavy atom. The fourth-order valence-electron chi connectivity index (χ4n) is 3.43. The molecule has 10 heteroatoms. The van der Waals surface area contributed by atoms with Crippen LogP contribution in [0.3, 0.4) is 0 Å². The molecule has 1 fully saturated rings. The molecule has 0 bridgehead atoms. The molecule has 26 heavy (non-hydrogen) atoms. The van der Waals surface area contributed by atoms with Crippen LogP contribution in [0.2, 0.25) is 0 Å². The molecule has 0 spiro atoms. The summed E-state index contributed by atoms with van der Waals surface area (Å²) in [5.41, 5.74) is 0.957. The Balaban J connectivity index is 1.89. The second-order valence-electron chi connectivity index (χ2n) is 7.38. The molecule has 2 heterocycles. The van der Waals surface area contributed by atoms with Crippen molar-refractivity contribution in [2.45, 2.75) is 30.6 Å². The molecule has 0 aliphatic carbocycles. The predicted octanol–water partition coefficient (Wildman–Crippen LogP) is 0.572. The van der Waals surface area contributed by atoms with Gasteiger partial charge in [0.1, 0.15) is 0 Å². The molecule has 1 aromatic rings. The zero-order valence-corrected chi connectivity index (χ0v) is 16.7. The van der Waals surface area contributed by atoms with Crippen LogP contribution in [0, 0.1) is 0 Å². The SMILES string of the molecule is CC1(C)CC(=O)Nc2ccc(S(=O)(=O)N3CCN(S(C)(=O)=O)CC3)cc21. The standard InChI is InChI=1S/C16H23N3O5S2/c1-16(2)11-15(20)17-14-5-4-12(10-13(14)16)26(23,24)19-8-6-18(7-9-19)25(3,21)22/h4-5,10H,6-9,11H2,1-3H3,(H,17,20). The first kappa shape index (κ1) is 19.3. The van der Waals surface area contributed by atoms with Gasteiger partial charge < -0.3 is 5.32 Å². The van der Waals surface area contributed by atoms with Crippen molar-refractivity contribution in [2.24, 2.45) is 0 Å². The van der Waals surface area contributed by atoms with Gasteiger partial charge in [0.15, 0.2) is 0 Å². The minimum absolute atomic E-state index is 0.0880. The van der Waals surface area contributed by atoms with Gasteiger partial charge in [-0.15, -0.1) is 0 Å². The number of carbonyl (C=O) groups excluding carboxylic acids is 1. The fourth-order valence-corrected chi connectivity index (χ4v) is 5.71. The number of piperazine rings is 1. The molecule has 144 valence electrons. The number of anilines is 1. The molecule has 2 aliphatic heterocycles. The molecule has 8 nitrogen and oxygen atoms in total. The third kappa shape index (κ3) is 3.51. The normalized spacial score (nSPS) is 21.9. The highest BCUT2D eigenvalue weighted by atomic mass is 32.2. The molecule has 1 saturated heterocycles. The zero-order chi connectivity index (χ0) is 19.3. The van der Waals surface area contributed by atoms with Gasteiger partial charge in [-0.2, -0.15) is 8.61 Å². The third-order valence-corrected chi connectivity index (χ3v) is 8.10. The molecular formula is C16H23N3O5S2.